The maximum Gasteiger partial charge on any atom is 0.0585 e. The summed E-state index contributed by atoms with van der Waals surface area (Å²) in [5, 5.41) is 0. The van der Waals surface area contributed by atoms with Gasteiger partial charge in [-0.15, -0.1) is 0 Å². The molecule has 2 heterocycles. The first-order chi connectivity index (χ1) is 10.5. The summed E-state index contributed by atoms with van der Waals surface area (Å²) in [4.78, 5) is 7.17. The van der Waals surface area contributed by atoms with Crippen LogP contribution in [-0.4, -0.2) is 50.9 Å². The van der Waals surface area contributed by atoms with Crippen LogP contribution in [0.15, 0.2) is 12.1 Å². The van der Waals surface area contributed by atoms with Gasteiger partial charge >= 0.3 is 0 Å². The van der Waals surface area contributed by atoms with Crippen LogP contribution < -0.4 is 0 Å². The molecule has 1 aliphatic rings. The fraction of sp³-hybridized carbons (Fsp3) is 0.722. The van der Waals surface area contributed by atoms with E-state index in [0.29, 0.717) is 5.92 Å². The van der Waals surface area contributed by atoms with E-state index < -0.39 is 0 Å². The van der Waals surface area contributed by atoms with Gasteiger partial charge in [0.25, 0.3) is 0 Å². The Morgan fingerprint density at radius 1 is 1.27 bits per heavy atom. The van der Waals surface area contributed by atoms with Crippen molar-refractivity contribution in [3.63, 3.8) is 0 Å². The molecular weight excluding hydrogens is 276 g/mol. The minimum Gasteiger partial charge on any atom is -0.384 e. The molecule has 1 aliphatic heterocycles. The maximum atomic E-state index is 5.59. The molecule has 1 aromatic heterocycles. The molecule has 0 aromatic carbocycles. The van der Waals surface area contributed by atoms with E-state index in [0.717, 1.165) is 39.2 Å². The van der Waals surface area contributed by atoms with E-state index in [2.05, 4.69) is 45.0 Å². The Balaban J connectivity index is 2.45. The summed E-state index contributed by atoms with van der Waals surface area (Å²) in [5.41, 5.74) is 3.74. The van der Waals surface area contributed by atoms with Crippen LogP contribution in [0.5, 0.6) is 0 Å². The predicted molar refractivity (Wildman–Crippen MR) is 89.3 cm³/mol. The first-order valence-corrected chi connectivity index (χ1v) is 8.20. The van der Waals surface area contributed by atoms with Gasteiger partial charge in [-0.2, -0.15) is 0 Å². The van der Waals surface area contributed by atoms with Crippen molar-refractivity contribution in [2.24, 2.45) is 0 Å². The minimum atomic E-state index is 0.0425. The monoisotopic (exact) mass is 306 g/mol. The Hall–Kier alpha value is -0.970. The molecule has 0 saturated carbocycles. The van der Waals surface area contributed by atoms with E-state index in [4.69, 9.17) is 14.5 Å². The van der Waals surface area contributed by atoms with Gasteiger partial charge in [-0.1, -0.05) is 19.9 Å². The van der Waals surface area contributed by atoms with Crippen LogP contribution >= 0.6 is 0 Å². The zero-order chi connectivity index (χ0) is 16.2. The summed E-state index contributed by atoms with van der Waals surface area (Å²) in [6.07, 6.45) is 2.01. The summed E-state index contributed by atoms with van der Waals surface area (Å²) in [5.74, 6) is 0.447. The Kier molecular flexibility index (Phi) is 5.95. The molecule has 0 amide bonds. The quantitative estimate of drug-likeness (QED) is 0.809. The number of hydrogen-bond acceptors (Lipinski definition) is 4. The minimum absolute atomic E-state index is 0.0425. The SMILES string of the molecule is COCC1(c2ccc(C(C)C)nc2CN(C)C)CCOCC1. The molecule has 4 heteroatoms. The molecule has 1 fully saturated rings. The second-order valence-corrected chi connectivity index (χ2v) is 6.95. The zero-order valence-corrected chi connectivity index (χ0v) is 14.7. The van der Waals surface area contributed by atoms with Crippen molar-refractivity contribution in [1.82, 2.24) is 9.88 Å². The standard InChI is InChI=1S/C18H30N2O2/c1-14(2)16-7-6-15(17(19-16)12-20(3)4)18(13-21-5)8-10-22-11-9-18/h6-7,14H,8-13H2,1-5H3. The lowest BCUT2D eigenvalue weighted by molar-refractivity contribution is 0.0129. The normalized spacial score (nSPS) is 18.1. The van der Waals surface area contributed by atoms with Gasteiger partial charge in [-0.25, -0.2) is 0 Å². The first-order valence-electron chi connectivity index (χ1n) is 8.20. The van der Waals surface area contributed by atoms with Gasteiger partial charge < -0.3 is 14.4 Å². The van der Waals surface area contributed by atoms with Crippen LogP contribution in [0.3, 0.4) is 0 Å². The average molecular weight is 306 g/mol. The van der Waals surface area contributed by atoms with Crippen molar-refractivity contribution in [1.29, 1.82) is 0 Å². The largest absolute Gasteiger partial charge is 0.384 e. The number of methoxy groups -OCH3 is 1. The highest BCUT2D eigenvalue weighted by molar-refractivity contribution is 5.33. The Labute approximate surface area is 134 Å². The van der Waals surface area contributed by atoms with E-state index in [9.17, 15) is 0 Å². The van der Waals surface area contributed by atoms with Crippen molar-refractivity contribution < 1.29 is 9.47 Å². The third-order valence-corrected chi connectivity index (χ3v) is 4.50. The van der Waals surface area contributed by atoms with Gasteiger partial charge in [-0.05, 0) is 44.5 Å². The van der Waals surface area contributed by atoms with E-state index in [1.807, 2.05) is 0 Å². The smallest absolute Gasteiger partial charge is 0.0585 e. The molecule has 0 radical (unpaired) electrons. The molecule has 0 N–H and O–H groups in total. The number of aromatic nitrogens is 1. The molecule has 0 bridgehead atoms. The van der Waals surface area contributed by atoms with Crippen molar-refractivity contribution in [3.8, 4) is 0 Å². The summed E-state index contributed by atoms with van der Waals surface area (Å²) < 4.78 is 11.2. The first kappa shape index (κ1) is 17.4. The number of hydrogen-bond donors (Lipinski definition) is 0. The van der Waals surface area contributed by atoms with Crippen LogP contribution in [0.1, 0.15) is 49.6 Å². The molecule has 124 valence electrons. The van der Waals surface area contributed by atoms with Gasteiger partial charge in [0.2, 0.25) is 0 Å². The third-order valence-electron chi connectivity index (χ3n) is 4.50. The topological polar surface area (TPSA) is 34.6 Å². The highest BCUT2D eigenvalue weighted by Crippen LogP contribution is 2.37. The second kappa shape index (κ2) is 7.53. The fourth-order valence-corrected chi connectivity index (χ4v) is 3.27. The van der Waals surface area contributed by atoms with Crippen molar-refractivity contribution in [2.75, 3.05) is 41.0 Å². The Morgan fingerprint density at radius 2 is 1.95 bits per heavy atom. The lowest BCUT2D eigenvalue weighted by atomic mass is 9.74. The molecule has 0 unspecified atom stereocenters. The molecular formula is C18H30N2O2. The van der Waals surface area contributed by atoms with Crippen LogP contribution in [0.4, 0.5) is 0 Å². The zero-order valence-electron chi connectivity index (χ0n) is 14.7. The molecule has 0 spiro atoms. The molecule has 1 saturated heterocycles. The van der Waals surface area contributed by atoms with Crippen LogP contribution in [0.2, 0.25) is 0 Å². The van der Waals surface area contributed by atoms with Crippen molar-refractivity contribution in [3.05, 3.63) is 29.1 Å². The number of ether oxygens (including phenoxy) is 2. The lowest BCUT2D eigenvalue weighted by Gasteiger charge is -2.38. The van der Waals surface area contributed by atoms with Crippen molar-refractivity contribution in [2.45, 2.75) is 44.6 Å². The van der Waals surface area contributed by atoms with E-state index in [1.165, 1.54) is 17.0 Å². The van der Waals surface area contributed by atoms with Gasteiger partial charge in [0.15, 0.2) is 0 Å². The maximum absolute atomic E-state index is 5.59. The molecule has 0 atom stereocenters. The highest BCUT2D eigenvalue weighted by atomic mass is 16.5. The average Bonchev–Trinajstić information content (AvgIpc) is 2.47. The van der Waals surface area contributed by atoms with Gasteiger partial charge in [0, 0.05) is 38.0 Å². The van der Waals surface area contributed by atoms with Crippen LogP contribution in [-0.2, 0) is 21.4 Å². The van der Waals surface area contributed by atoms with Gasteiger partial charge in [0.1, 0.15) is 0 Å². The fourth-order valence-electron chi connectivity index (χ4n) is 3.27. The molecule has 2 rings (SSSR count). The van der Waals surface area contributed by atoms with Crippen molar-refractivity contribution >= 4 is 0 Å². The lowest BCUT2D eigenvalue weighted by Crippen LogP contribution is -2.39. The third kappa shape index (κ3) is 3.86. The highest BCUT2D eigenvalue weighted by Gasteiger charge is 2.37. The molecule has 0 aliphatic carbocycles. The van der Waals surface area contributed by atoms with Crippen LogP contribution in [0.25, 0.3) is 0 Å². The number of rotatable bonds is 6. The summed E-state index contributed by atoms with van der Waals surface area (Å²) >= 11 is 0. The number of nitrogens with zero attached hydrogens (tertiary/aromatic N) is 2. The Morgan fingerprint density at radius 3 is 2.50 bits per heavy atom. The Bertz CT molecular complexity index is 474. The van der Waals surface area contributed by atoms with E-state index >= 15 is 0 Å². The van der Waals surface area contributed by atoms with Gasteiger partial charge in [-0.3, -0.25) is 4.98 Å². The summed E-state index contributed by atoms with van der Waals surface area (Å²) in [7, 11) is 5.99. The van der Waals surface area contributed by atoms with E-state index in [1.54, 1.807) is 7.11 Å². The summed E-state index contributed by atoms with van der Waals surface area (Å²) in [6, 6.07) is 4.47. The molecule has 4 nitrogen and oxygen atoms in total. The molecule has 22 heavy (non-hydrogen) atoms. The number of pyridine rings is 1. The second-order valence-electron chi connectivity index (χ2n) is 6.95. The van der Waals surface area contributed by atoms with Crippen LogP contribution in [0, 0.1) is 0 Å². The summed E-state index contributed by atoms with van der Waals surface area (Å²) in [6.45, 7) is 7.59. The van der Waals surface area contributed by atoms with E-state index in [-0.39, 0.29) is 5.41 Å². The van der Waals surface area contributed by atoms with Gasteiger partial charge in [0.05, 0.1) is 12.3 Å². The predicted octanol–water partition coefficient (Wildman–Crippen LogP) is 2.96. The molecule has 1 aromatic rings.